The number of benzene rings is 2. The molecule has 1 aliphatic rings. The van der Waals surface area contributed by atoms with Crippen LogP contribution in [0, 0.1) is 5.82 Å². The standard InChI is InChI=1S/C15H10FNO3/c1-20-13-7-6-9(16)8-12(13)17-14(18)10-4-2-3-5-11(10)15(17)19/h2-8H,1H3. The summed E-state index contributed by atoms with van der Waals surface area (Å²) in [6, 6.07) is 10.2. The zero-order valence-electron chi connectivity index (χ0n) is 10.6. The van der Waals surface area contributed by atoms with E-state index in [2.05, 4.69) is 0 Å². The van der Waals surface area contributed by atoms with Crippen LogP contribution < -0.4 is 9.64 Å². The van der Waals surface area contributed by atoms with Gasteiger partial charge in [0.05, 0.1) is 23.9 Å². The van der Waals surface area contributed by atoms with E-state index in [-0.39, 0.29) is 11.4 Å². The third kappa shape index (κ3) is 1.67. The van der Waals surface area contributed by atoms with E-state index in [1.54, 1.807) is 24.3 Å². The summed E-state index contributed by atoms with van der Waals surface area (Å²) in [4.78, 5) is 25.6. The zero-order valence-corrected chi connectivity index (χ0v) is 10.6. The van der Waals surface area contributed by atoms with E-state index in [1.807, 2.05) is 0 Å². The van der Waals surface area contributed by atoms with Crippen LogP contribution in [0.1, 0.15) is 20.7 Å². The predicted octanol–water partition coefficient (Wildman–Crippen LogP) is 2.63. The molecule has 0 radical (unpaired) electrons. The zero-order chi connectivity index (χ0) is 14.3. The highest BCUT2D eigenvalue weighted by atomic mass is 19.1. The first kappa shape index (κ1) is 12.3. The highest BCUT2D eigenvalue weighted by Crippen LogP contribution is 2.35. The molecule has 0 N–H and O–H groups in total. The number of imide groups is 1. The number of ether oxygens (including phenoxy) is 1. The molecule has 4 nitrogen and oxygen atoms in total. The van der Waals surface area contributed by atoms with Crippen LogP contribution in [0.3, 0.4) is 0 Å². The molecular weight excluding hydrogens is 261 g/mol. The van der Waals surface area contributed by atoms with Gasteiger partial charge in [0.1, 0.15) is 11.6 Å². The van der Waals surface area contributed by atoms with E-state index in [9.17, 15) is 14.0 Å². The summed E-state index contributed by atoms with van der Waals surface area (Å²) >= 11 is 0. The summed E-state index contributed by atoms with van der Waals surface area (Å²) in [5.41, 5.74) is 0.728. The summed E-state index contributed by atoms with van der Waals surface area (Å²) < 4.78 is 18.5. The lowest BCUT2D eigenvalue weighted by atomic mass is 10.1. The molecule has 0 unspecified atom stereocenters. The molecule has 2 amide bonds. The van der Waals surface area contributed by atoms with Crippen LogP contribution in [0.4, 0.5) is 10.1 Å². The monoisotopic (exact) mass is 271 g/mol. The van der Waals surface area contributed by atoms with Gasteiger partial charge in [0.15, 0.2) is 0 Å². The third-order valence-electron chi connectivity index (χ3n) is 3.18. The van der Waals surface area contributed by atoms with Crippen molar-refractivity contribution in [3.05, 3.63) is 59.4 Å². The smallest absolute Gasteiger partial charge is 0.266 e. The van der Waals surface area contributed by atoms with Crippen molar-refractivity contribution in [2.75, 3.05) is 12.0 Å². The SMILES string of the molecule is COc1ccc(F)cc1N1C(=O)c2ccccc2C1=O. The molecule has 0 saturated heterocycles. The third-order valence-corrected chi connectivity index (χ3v) is 3.18. The van der Waals surface area contributed by atoms with Crippen LogP contribution >= 0.6 is 0 Å². The number of amides is 2. The van der Waals surface area contributed by atoms with Crippen LogP contribution in [0.25, 0.3) is 0 Å². The molecule has 1 aliphatic heterocycles. The van der Waals surface area contributed by atoms with Crippen LogP contribution in [0.15, 0.2) is 42.5 Å². The van der Waals surface area contributed by atoms with Gasteiger partial charge in [-0.2, -0.15) is 0 Å². The summed E-state index contributed by atoms with van der Waals surface area (Å²) in [6.45, 7) is 0. The highest BCUT2D eigenvalue weighted by Gasteiger charge is 2.37. The molecular formula is C15H10FNO3. The Kier molecular flexibility index (Phi) is 2.75. The number of hydrogen-bond donors (Lipinski definition) is 0. The lowest BCUT2D eigenvalue weighted by molar-refractivity contribution is 0.0925. The maximum Gasteiger partial charge on any atom is 0.266 e. The first-order chi connectivity index (χ1) is 9.63. The van der Waals surface area contributed by atoms with Gasteiger partial charge >= 0.3 is 0 Å². The maximum absolute atomic E-state index is 13.4. The van der Waals surface area contributed by atoms with E-state index in [1.165, 1.54) is 19.2 Å². The Hall–Kier alpha value is -2.69. The number of hydrogen-bond acceptors (Lipinski definition) is 3. The van der Waals surface area contributed by atoms with E-state index >= 15 is 0 Å². The topological polar surface area (TPSA) is 46.6 Å². The number of rotatable bonds is 2. The molecule has 20 heavy (non-hydrogen) atoms. The second-order valence-corrected chi connectivity index (χ2v) is 4.31. The summed E-state index contributed by atoms with van der Waals surface area (Å²) in [5.74, 6) is -1.23. The Bertz CT molecular complexity index is 692. The van der Waals surface area contributed by atoms with Gasteiger partial charge in [-0.25, -0.2) is 9.29 Å². The van der Waals surface area contributed by atoms with Crippen molar-refractivity contribution in [1.29, 1.82) is 0 Å². The number of fused-ring (bicyclic) bond motifs is 1. The van der Waals surface area contributed by atoms with Gasteiger partial charge in [-0.1, -0.05) is 12.1 Å². The lowest BCUT2D eigenvalue weighted by Crippen LogP contribution is -2.29. The first-order valence-corrected chi connectivity index (χ1v) is 5.95. The van der Waals surface area contributed by atoms with Gasteiger partial charge in [-0.05, 0) is 24.3 Å². The van der Waals surface area contributed by atoms with Crippen LogP contribution in [-0.4, -0.2) is 18.9 Å². The van der Waals surface area contributed by atoms with Crippen molar-refractivity contribution < 1.29 is 18.7 Å². The van der Waals surface area contributed by atoms with E-state index in [4.69, 9.17) is 4.74 Å². The minimum Gasteiger partial charge on any atom is -0.495 e. The fourth-order valence-corrected chi connectivity index (χ4v) is 2.25. The molecule has 100 valence electrons. The second kappa shape index (κ2) is 4.45. The minimum absolute atomic E-state index is 0.110. The van der Waals surface area contributed by atoms with E-state index in [0.29, 0.717) is 11.1 Å². The molecule has 0 spiro atoms. The van der Waals surface area contributed by atoms with Crippen LogP contribution in [-0.2, 0) is 0 Å². The molecule has 3 rings (SSSR count). The van der Waals surface area contributed by atoms with Crippen LogP contribution in [0.2, 0.25) is 0 Å². The molecule has 1 heterocycles. The first-order valence-electron chi connectivity index (χ1n) is 5.95. The van der Waals surface area contributed by atoms with Gasteiger partial charge in [-0.3, -0.25) is 9.59 Å². The average Bonchev–Trinajstić information content (AvgIpc) is 2.71. The highest BCUT2D eigenvalue weighted by molar-refractivity contribution is 6.34. The largest absolute Gasteiger partial charge is 0.495 e. The lowest BCUT2D eigenvalue weighted by Gasteiger charge is -2.17. The number of carbonyl (C=O) groups excluding carboxylic acids is 2. The fraction of sp³-hybridized carbons (Fsp3) is 0.0667. The summed E-state index contributed by atoms with van der Waals surface area (Å²) in [6.07, 6.45) is 0. The Morgan fingerprint density at radius 1 is 1.00 bits per heavy atom. The van der Waals surface area contributed by atoms with Crippen molar-refractivity contribution in [3.63, 3.8) is 0 Å². The average molecular weight is 271 g/mol. The summed E-state index contributed by atoms with van der Waals surface area (Å²) in [7, 11) is 1.40. The maximum atomic E-state index is 13.4. The Morgan fingerprint density at radius 2 is 1.60 bits per heavy atom. The molecule has 0 saturated carbocycles. The second-order valence-electron chi connectivity index (χ2n) is 4.31. The van der Waals surface area contributed by atoms with Crippen molar-refractivity contribution in [1.82, 2.24) is 0 Å². The van der Waals surface area contributed by atoms with Crippen molar-refractivity contribution in [2.45, 2.75) is 0 Å². The van der Waals surface area contributed by atoms with E-state index in [0.717, 1.165) is 11.0 Å². The summed E-state index contributed by atoms with van der Waals surface area (Å²) in [5, 5.41) is 0. The minimum atomic E-state index is -0.544. The normalized spacial score (nSPS) is 13.6. The van der Waals surface area contributed by atoms with Crippen molar-refractivity contribution >= 4 is 17.5 Å². The number of halogens is 1. The number of nitrogens with zero attached hydrogens (tertiary/aromatic N) is 1. The van der Waals surface area contributed by atoms with Gasteiger partial charge in [0, 0.05) is 6.07 Å². The van der Waals surface area contributed by atoms with Gasteiger partial charge in [0.2, 0.25) is 0 Å². The molecule has 0 bridgehead atoms. The number of anilines is 1. The Balaban J connectivity index is 2.16. The molecule has 0 aliphatic carbocycles. The van der Waals surface area contributed by atoms with Gasteiger partial charge < -0.3 is 4.74 Å². The Labute approximate surface area is 114 Å². The van der Waals surface area contributed by atoms with Gasteiger partial charge in [-0.15, -0.1) is 0 Å². The number of carbonyl (C=O) groups is 2. The molecule has 5 heteroatoms. The van der Waals surface area contributed by atoms with E-state index < -0.39 is 17.6 Å². The Morgan fingerprint density at radius 3 is 2.15 bits per heavy atom. The molecule has 0 atom stereocenters. The molecule has 2 aromatic carbocycles. The van der Waals surface area contributed by atoms with Gasteiger partial charge in [0.25, 0.3) is 11.8 Å². The predicted molar refractivity (Wildman–Crippen MR) is 70.5 cm³/mol. The van der Waals surface area contributed by atoms with Crippen molar-refractivity contribution in [2.24, 2.45) is 0 Å². The molecule has 0 fully saturated rings. The molecule has 2 aromatic rings. The van der Waals surface area contributed by atoms with Crippen LogP contribution in [0.5, 0.6) is 5.75 Å². The quantitative estimate of drug-likeness (QED) is 0.789. The fourth-order valence-electron chi connectivity index (χ4n) is 2.25. The van der Waals surface area contributed by atoms with Crippen molar-refractivity contribution in [3.8, 4) is 5.75 Å². The molecule has 0 aromatic heterocycles. The number of methoxy groups -OCH3 is 1.